The standard InChI is InChI=1S/C36H39F2NO2/c1-21-6-7-23(20-39-21)27-17-32(38)28(18-31(27)37)29-19-35(5)30(12-13-36(35,41)15-14-34(2,3)4)26-10-8-22-16-24(40)9-11-25(22)33(26)29/h6-7,16-18,20,26,29-30,41H,8-13,19H2,1-5H3/t26-,29+,30?,35-,36+/m0/s1. The van der Waals surface area contributed by atoms with Gasteiger partial charge in [-0.05, 0) is 119 Å². The number of aliphatic hydroxyl groups is 1. The molecule has 0 amide bonds. The van der Waals surface area contributed by atoms with Crippen molar-refractivity contribution >= 4 is 5.78 Å². The second kappa shape index (κ2) is 9.73. The van der Waals surface area contributed by atoms with Crippen LogP contribution in [-0.2, 0) is 4.79 Å². The first kappa shape index (κ1) is 28.0. The lowest BCUT2D eigenvalue weighted by molar-refractivity contribution is -0.114. The van der Waals surface area contributed by atoms with Gasteiger partial charge < -0.3 is 5.11 Å². The lowest BCUT2D eigenvalue weighted by Gasteiger charge is -2.53. The van der Waals surface area contributed by atoms with Gasteiger partial charge in [0.2, 0.25) is 0 Å². The van der Waals surface area contributed by atoms with Crippen LogP contribution in [0.15, 0.2) is 53.3 Å². The van der Waals surface area contributed by atoms with Crippen molar-refractivity contribution in [3.63, 3.8) is 0 Å². The number of carbonyl (C=O) groups is 1. The number of allylic oxidation sites excluding steroid dienone is 4. The van der Waals surface area contributed by atoms with Crippen molar-refractivity contribution in [1.29, 1.82) is 0 Å². The summed E-state index contributed by atoms with van der Waals surface area (Å²) in [5, 5.41) is 12.1. The van der Waals surface area contributed by atoms with E-state index >= 15 is 8.78 Å². The van der Waals surface area contributed by atoms with Gasteiger partial charge in [0.05, 0.1) is 0 Å². The van der Waals surface area contributed by atoms with Crippen LogP contribution in [0.3, 0.4) is 0 Å². The summed E-state index contributed by atoms with van der Waals surface area (Å²) >= 11 is 0. The van der Waals surface area contributed by atoms with Crippen LogP contribution in [0.4, 0.5) is 8.78 Å². The van der Waals surface area contributed by atoms with Gasteiger partial charge in [0.15, 0.2) is 5.78 Å². The van der Waals surface area contributed by atoms with Gasteiger partial charge in [-0.15, -0.1) is 0 Å². The van der Waals surface area contributed by atoms with Crippen LogP contribution < -0.4 is 0 Å². The van der Waals surface area contributed by atoms with E-state index in [4.69, 9.17) is 0 Å². The Morgan fingerprint density at radius 3 is 2.56 bits per heavy atom. The smallest absolute Gasteiger partial charge is 0.156 e. The summed E-state index contributed by atoms with van der Waals surface area (Å²) in [7, 11) is 0. The van der Waals surface area contributed by atoms with Crippen molar-refractivity contribution in [3.8, 4) is 23.0 Å². The van der Waals surface area contributed by atoms with E-state index in [0.717, 1.165) is 41.7 Å². The molecule has 0 radical (unpaired) electrons. The number of rotatable bonds is 2. The molecular formula is C36H39F2NO2. The summed E-state index contributed by atoms with van der Waals surface area (Å²) < 4.78 is 32.0. The molecule has 2 aromatic rings. The summed E-state index contributed by atoms with van der Waals surface area (Å²) in [6.07, 6.45) is 7.97. The number of hydrogen-bond donors (Lipinski definition) is 1. The van der Waals surface area contributed by atoms with Gasteiger partial charge in [-0.1, -0.05) is 30.4 Å². The summed E-state index contributed by atoms with van der Waals surface area (Å²) in [6.45, 7) is 10.1. The van der Waals surface area contributed by atoms with E-state index in [1.165, 1.54) is 12.1 Å². The largest absolute Gasteiger partial charge is 0.377 e. The Balaban J connectivity index is 1.52. The summed E-state index contributed by atoms with van der Waals surface area (Å²) in [4.78, 5) is 16.6. The fourth-order valence-corrected chi connectivity index (χ4v) is 8.12. The molecule has 2 saturated carbocycles. The van der Waals surface area contributed by atoms with E-state index in [2.05, 4.69) is 23.7 Å². The van der Waals surface area contributed by atoms with Gasteiger partial charge in [0, 0.05) is 46.2 Å². The number of nitrogens with zero attached hydrogens (tertiary/aromatic N) is 1. The molecule has 1 N–H and O–H groups in total. The number of hydrogen-bond acceptors (Lipinski definition) is 3. The predicted molar refractivity (Wildman–Crippen MR) is 157 cm³/mol. The highest BCUT2D eigenvalue weighted by molar-refractivity contribution is 5.93. The van der Waals surface area contributed by atoms with Crippen LogP contribution in [0, 0.1) is 53.1 Å². The highest BCUT2D eigenvalue weighted by Crippen LogP contribution is 2.66. The zero-order valence-corrected chi connectivity index (χ0v) is 24.7. The molecule has 4 aliphatic rings. The van der Waals surface area contributed by atoms with Crippen molar-refractivity contribution < 1.29 is 18.7 Å². The molecule has 0 aliphatic heterocycles. The third kappa shape index (κ3) is 4.69. The normalized spacial score (nSPS) is 31.1. The number of benzene rings is 1. The van der Waals surface area contributed by atoms with Crippen molar-refractivity contribution in [2.45, 2.75) is 91.1 Å². The highest BCUT2D eigenvalue weighted by Gasteiger charge is 2.62. The van der Waals surface area contributed by atoms with Gasteiger partial charge in [0.25, 0.3) is 0 Å². The maximum absolute atomic E-state index is 16.2. The zero-order chi connectivity index (χ0) is 29.3. The topological polar surface area (TPSA) is 50.2 Å². The maximum Gasteiger partial charge on any atom is 0.156 e. The number of fused-ring (bicyclic) bond motifs is 4. The van der Waals surface area contributed by atoms with E-state index in [-0.39, 0.29) is 28.6 Å². The molecule has 6 rings (SSSR count). The van der Waals surface area contributed by atoms with E-state index in [0.29, 0.717) is 36.8 Å². The third-order valence-electron chi connectivity index (χ3n) is 10.2. The number of ketones is 1. The average molecular weight is 556 g/mol. The second-order valence-corrected chi connectivity index (χ2v) is 13.9. The number of halogens is 2. The summed E-state index contributed by atoms with van der Waals surface area (Å²) in [5.74, 6) is 5.69. The maximum atomic E-state index is 16.2. The number of pyridine rings is 1. The molecule has 214 valence electrons. The first-order valence-electron chi connectivity index (χ1n) is 14.9. The Morgan fingerprint density at radius 1 is 1.07 bits per heavy atom. The van der Waals surface area contributed by atoms with Gasteiger partial charge >= 0.3 is 0 Å². The van der Waals surface area contributed by atoms with Crippen molar-refractivity contribution in [1.82, 2.24) is 4.98 Å². The fourth-order valence-electron chi connectivity index (χ4n) is 8.12. The molecule has 2 fully saturated rings. The molecule has 4 aliphatic carbocycles. The molecule has 0 bridgehead atoms. The lowest BCUT2D eigenvalue weighted by atomic mass is 9.51. The number of aryl methyl sites for hydroxylation is 1. The molecule has 0 saturated heterocycles. The van der Waals surface area contributed by atoms with Gasteiger partial charge in [-0.3, -0.25) is 9.78 Å². The summed E-state index contributed by atoms with van der Waals surface area (Å²) in [5.41, 5.74) is 3.18. The predicted octanol–water partition coefficient (Wildman–Crippen LogP) is 8.02. The van der Waals surface area contributed by atoms with Crippen LogP contribution in [0.25, 0.3) is 11.1 Å². The minimum Gasteiger partial charge on any atom is -0.377 e. The van der Waals surface area contributed by atoms with Gasteiger partial charge in [-0.25, -0.2) is 8.78 Å². The molecule has 5 heteroatoms. The Hall–Kier alpha value is -3.10. The molecule has 1 aromatic carbocycles. The Labute approximate surface area is 242 Å². The molecule has 0 spiro atoms. The van der Waals surface area contributed by atoms with Crippen molar-refractivity contribution in [3.05, 3.63) is 76.1 Å². The van der Waals surface area contributed by atoms with Crippen molar-refractivity contribution in [2.75, 3.05) is 0 Å². The average Bonchev–Trinajstić information content (AvgIpc) is 3.18. The Kier molecular flexibility index (Phi) is 6.66. The first-order valence-corrected chi connectivity index (χ1v) is 14.9. The molecule has 1 unspecified atom stereocenters. The Morgan fingerprint density at radius 2 is 1.85 bits per heavy atom. The molecule has 1 aromatic heterocycles. The highest BCUT2D eigenvalue weighted by atomic mass is 19.1. The van der Waals surface area contributed by atoms with E-state index in [1.54, 1.807) is 24.4 Å². The third-order valence-corrected chi connectivity index (χ3v) is 10.2. The quantitative estimate of drug-likeness (QED) is 0.382. The SMILES string of the molecule is Cc1ccc(-c2cc(F)c([C@H]3C[C@@]4(C)C(CC[C@@]4(O)C#CC(C)(C)C)[C@@H]4CCC5=CC(=O)CCC5=C43)cc2F)cn1. The van der Waals surface area contributed by atoms with Crippen LogP contribution in [0.5, 0.6) is 0 Å². The minimum atomic E-state index is -1.21. The molecule has 1 heterocycles. The summed E-state index contributed by atoms with van der Waals surface area (Å²) in [6, 6.07) is 6.22. The van der Waals surface area contributed by atoms with E-state index in [1.807, 2.05) is 27.7 Å². The monoisotopic (exact) mass is 555 g/mol. The van der Waals surface area contributed by atoms with E-state index in [9.17, 15) is 9.90 Å². The minimum absolute atomic E-state index is 0.132. The first-order chi connectivity index (χ1) is 19.3. The number of carbonyl (C=O) groups excluding carboxylic acids is 1. The molecule has 5 atom stereocenters. The fraction of sp³-hybridized carbons (Fsp3) is 0.500. The zero-order valence-electron chi connectivity index (χ0n) is 24.7. The lowest BCUT2D eigenvalue weighted by Crippen LogP contribution is -2.51. The molecular weight excluding hydrogens is 516 g/mol. The number of aromatic nitrogens is 1. The van der Waals surface area contributed by atoms with Gasteiger partial charge in [0.1, 0.15) is 17.2 Å². The van der Waals surface area contributed by atoms with Crippen LogP contribution in [-0.4, -0.2) is 21.5 Å². The Bertz CT molecular complexity index is 1550. The van der Waals surface area contributed by atoms with Crippen LogP contribution >= 0.6 is 0 Å². The van der Waals surface area contributed by atoms with Crippen LogP contribution in [0.1, 0.15) is 89.8 Å². The van der Waals surface area contributed by atoms with Crippen LogP contribution in [0.2, 0.25) is 0 Å². The van der Waals surface area contributed by atoms with Gasteiger partial charge in [-0.2, -0.15) is 0 Å². The molecule has 41 heavy (non-hydrogen) atoms. The van der Waals surface area contributed by atoms with E-state index < -0.39 is 28.6 Å². The van der Waals surface area contributed by atoms with Crippen molar-refractivity contribution in [2.24, 2.45) is 22.7 Å². The molecule has 3 nitrogen and oxygen atoms in total. The second-order valence-electron chi connectivity index (χ2n) is 13.9.